The lowest BCUT2D eigenvalue weighted by atomic mass is 10.1. The van der Waals surface area contributed by atoms with Crippen LogP contribution in [0.25, 0.3) is 0 Å². The summed E-state index contributed by atoms with van der Waals surface area (Å²) in [6, 6.07) is 0.121. The van der Waals surface area contributed by atoms with Crippen LogP contribution in [0.2, 0.25) is 0 Å². The second-order valence-electron chi connectivity index (χ2n) is 4.84. The number of aryl methyl sites for hydroxylation is 1. The van der Waals surface area contributed by atoms with Gasteiger partial charge in [0.1, 0.15) is 5.82 Å². The van der Waals surface area contributed by atoms with E-state index in [1.54, 1.807) is 14.0 Å². The first kappa shape index (κ1) is 13.2. The number of aromatic nitrogens is 2. The number of halogens is 1. The molecule has 100 valence electrons. The van der Waals surface area contributed by atoms with Crippen molar-refractivity contribution in [1.82, 2.24) is 19.8 Å². The first-order valence-electron chi connectivity index (χ1n) is 6.13. The first-order valence-corrected chi connectivity index (χ1v) is 6.13. The fourth-order valence-electron chi connectivity index (χ4n) is 2.18. The average Bonchev–Trinajstić information content (AvgIpc) is 2.35. The van der Waals surface area contributed by atoms with Crippen molar-refractivity contribution in [1.29, 1.82) is 0 Å². The van der Waals surface area contributed by atoms with Gasteiger partial charge >= 0.3 is 0 Å². The molecule has 0 radical (unpaired) electrons. The molecule has 0 saturated carbocycles. The molecule has 0 bridgehead atoms. The normalized spacial score (nSPS) is 22.2. The maximum Gasteiger partial charge on any atom is 0.186 e. The molecule has 1 fully saturated rings. The average molecular weight is 253 g/mol. The third kappa shape index (κ3) is 2.44. The van der Waals surface area contributed by atoms with E-state index in [2.05, 4.69) is 39.2 Å². The minimum atomic E-state index is -0.368. The van der Waals surface area contributed by atoms with Crippen molar-refractivity contribution in [3.63, 3.8) is 0 Å². The molecule has 2 heterocycles. The van der Waals surface area contributed by atoms with Gasteiger partial charge in [0.05, 0.1) is 11.7 Å². The zero-order chi connectivity index (χ0) is 13.3. The second kappa shape index (κ2) is 5.16. The van der Waals surface area contributed by atoms with Crippen LogP contribution < -0.4 is 5.32 Å². The van der Waals surface area contributed by atoms with E-state index in [-0.39, 0.29) is 17.7 Å². The van der Waals surface area contributed by atoms with Crippen LogP contribution in [0.15, 0.2) is 0 Å². The largest absolute Gasteiger partial charge is 0.371 e. The monoisotopic (exact) mass is 253 g/mol. The highest BCUT2D eigenvalue weighted by Gasteiger charge is 2.27. The van der Waals surface area contributed by atoms with Crippen LogP contribution in [0.3, 0.4) is 0 Å². The smallest absolute Gasteiger partial charge is 0.186 e. The van der Waals surface area contributed by atoms with Crippen LogP contribution in [0.1, 0.15) is 17.6 Å². The molecule has 0 spiro atoms. The molecule has 1 aliphatic heterocycles. The highest BCUT2D eigenvalue weighted by atomic mass is 19.1. The molecule has 1 saturated heterocycles. The minimum absolute atomic E-state index is 0.121. The summed E-state index contributed by atoms with van der Waals surface area (Å²) in [7, 11) is 5.81. The number of rotatable bonds is 2. The van der Waals surface area contributed by atoms with E-state index in [4.69, 9.17) is 0 Å². The molecule has 1 aliphatic rings. The molecular weight excluding hydrogens is 233 g/mol. The molecule has 0 amide bonds. The number of hydrogen-bond acceptors (Lipinski definition) is 5. The number of anilines is 1. The van der Waals surface area contributed by atoms with E-state index in [0.717, 1.165) is 19.6 Å². The summed E-state index contributed by atoms with van der Waals surface area (Å²) in [6.45, 7) is 4.54. The Morgan fingerprint density at radius 3 is 2.67 bits per heavy atom. The van der Waals surface area contributed by atoms with Gasteiger partial charge in [-0.2, -0.15) is 0 Å². The second-order valence-corrected chi connectivity index (χ2v) is 4.84. The van der Waals surface area contributed by atoms with Gasteiger partial charge in [0, 0.05) is 26.7 Å². The van der Waals surface area contributed by atoms with Gasteiger partial charge in [-0.3, -0.25) is 4.90 Å². The predicted molar refractivity (Wildman–Crippen MR) is 69.1 cm³/mol. The molecule has 18 heavy (non-hydrogen) atoms. The van der Waals surface area contributed by atoms with Gasteiger partial charge in [-0.15, -0.1) is 0 Å². The van der Waals surface area contributed by atoms with E-state index in [0.29, 0.717) is 11.5 Å². The Hall–Kier alpha value is -1.27. The molecule has 1 N–H and O–H groups in total. The number of piperazine rings is 1. The van der Waals surface area contributed by atoms with Crippen LogP contribution >= 0.6 is 0 Å². The van der Waals surface area contributed by atoms with Gasteiger partial charge in [0.15, 0.2) is 11.6 Å². The zero-order valence-corrected chi connectivity index (χ0v) is 11.4. The van der Waals surface area contributed by atoms with Gasteiger partial charge in [-0.05, 0) is 21.0 Å². The maximum atomic E-state index is 13.7. The molecule has 1 atom stereocenters. The van der Waals surface area contributed by atoms with Crippen LogP contribution in [-0.4, -0.2) is 60.5 Å². The summed E-state index contributed by atoms with van der Waals surface area (Å²) in [4.78, 5) is 13.0. The minimum Gasteiger partial charge on any atom is -0.371 e. The van der Waals surface area contributed by atoms with Gasteiger partial charge in [-0.1, -0.05) is 0 Å². The van der Waals surface area contributed by atoms with Crippen molar-refractivity contribution in [2.75, 3.05) is 46.1 Å². The van der Waals surface area contributed by atoms with E-state index in [1.807, 2.05) is 0 Å². The highest BCUT2D eigenvalue weighted by Crippen LogP contribution is 2.23. The predicted octanol–water partition coefficient (Wildman–Crippen LogP) is 0.884. The Labute approximate surface area is 107 Å². The van der Waals surface area contributed by atoms with Crippen molar-refractivity contribution in [3.05, 3.63) is 17.3 Å². The topological polar surface area (TPSA) is 44.3 Å². The van der Waals surface area contributed by atoms with Crippen LogP contribution in [0, 0.1) is 12.7 Å². The third-order valence-electron chi connectivity index (χ3n) is 3.42. The number of likely N-dealkylation sites (N-methyl/N-ethyl adjacent to an activating group) is 2. The Morgan fingerprint density at radius 2 is 2.00 bits per heavy atom. The van der Waals surface area contributed by atoms with E-state index in [9.17, 15) is 4.39 Å². The van der Waals surface area contributed by atoms with Crippen molar-refractivity contribution in [3.8, 4) is 0 Å². The summed E-state index contributed by atoms with van der Waals surface area (Å²) in [5.74, 6) is 0.597. The Bertz CT molecular complexity index is 437. The van der Waals surface area contributed by atoms with E-state index < -0.39 is 0 Å². The fraction of sp³-hybridized carbons (Fsp3) is 0.667. The van der Waals surface area contributed by atoms with Crippen molar-refractivity contribution >= 4 is 5.82 Å². The summed E-state index contributed by atoms with van der Waals surface area (Å²) in [5.41, 5.74) is 0.394. The summed E-state index contributed by atoms with van der Waals surface area (Å²) < 4.78 is 13.7. The van der Waals surface area contributed by atoms with E-state index >= 15 is 0 Å². The van der Waals surface area contributed by atoms with Crippen molar-refractivity contribution in [2.24, 2.45) is 0 Å². The Balaban J connectivity index is 2.35. The summed E-state index contributed by atoms with van der Waals surface area (Å²) in [5, 5.41) is 2.78. The first-order chi connectivity index (χ1) is 8.52. The number of hydrogen-bond donors (Lipinski definition) is 1. The SMILES string of the molecule is CNc1nc(C2CN(C)CCN2C)nc(C)c1F. The molecule has 1 aromatic heterocycles. The quantitative estimate of drug-likeness (QED) is 0.848. The summed E-state index contributed by atoms with van der Waals surface area (Å²) >= 11 is 0. The number of nitrogens with one attached hydrogen (secondary N) is 1. The summed E-state index contributed by atoms with van der Waals surface area (Å²) in [6.07, 6.45) is 0. The fourth-order valence-corrected chi connectivity index (χ4v) is 2.18. The zero-order valence-electron chi connectivity index (χ0n) is 11.4. The lowest BCUT2D eigenvalue weighted by Crippen LogP contribution is -2.45. The van der Waals surface area contributed by atoms with Crippen molar-refractivity contribution in [2.45, 2.75) is 13.0 Å². The highest BCUT2D eigenvalue weighted by molar-refractivity contribution is 5.37. The van der Waals surface area contributed by atoms with Gasteiger partial charge in [-0.25, -0.2) is 14.4 Å². The number of nitrogens with zero attached hydrogens (tertiary/aromatic N) is 4. The van der Waals surface area contributed by atoms with Gasteiger partial charge in [0.25, 0.3) is 0 Å². The molecule has 0 aromatic carbocycles. The van der Waals surface area contributed by atoms with Crippen molar-refractivity contribution < 1.29 is 4.39 Å². The molecule has 0 aliphatic carbocycles. The Kier molecular flexibility index (Phi) is 3.77. The molecule has 2 rings (SSSR count). The Morgan fingerprint density at radius 1 is 1.28 bits per heavy atom. The molecule has 1 aromatic rings. The van der Waals surface area contributed by atoms with Crippen LogP contribution in [0.4, 0.5) is 10.2 Å². The van der Waals surface area contributed by atoms with Gasteiger partial charge in [0.2, 0.25) is 0 Å². The van der Waals surface area contributed by atoms with Crippen LogP contribution in [-0.2, 0) is 0 Å². The lowest BCUT2D eigenvalue weighted by molar-refractivity contribution is 0.109. The third-order valence-corrected chi connectivity index (χ3v) is 3.42. The standard InChI is InChI=1S/C12H20FN5/c1-8-10(13)12(14-2)16-11(15-8)9-7-17(3)5-6-18(9)4/h9H,5-7H2,1-4H3,(H,14,15,16). The van der Waals surface area contributed by atoms with E-state index in [1.165, 1.54) is 0 Å². The molecule has 5 nitrogen and oxygen atoms in total. The van der Waals surface area contributed by atoms with Gasteiger partial charge < -0.3 is 10.2 Å². The van der Waals surface area contributed by atoms with Crippen LogP contribution in [0.5, 0.6) is 0 Å². The lowest BCUT2D eigenvalue weighted by Gasteiger charge is -2.36. The molecular formula is C12H20FN5. The molecule has 6 heteroatoms. The maximum absolute atomic E-state index is 13.7. The molecule has 1 unspecified atom stereocenters.